The zero-order chi connectivity index (χ0) is 11.7. The third-order valence-corrected chi connectivity index (χ3v) is 3.42. The maximum absolute atomic E-state index is 4.48. The van der Waals surface area contributed by atoms with Gasteiger partial charge in [-0.2, -0.15) is 0 Å². The predicted octanol–water partition coefficient (Wildman–Crippen LogP) is 1.69. The Morgan fingerprint density at radius 1 is 1.44 bits per heavy atom. The SMILES string of the molecule is Cc1nc(Br)cc(N2CCC(N(C)C)C2)n1. The zero-order valence-corrected chi connectivity index (χ0v) is 11.5. The van der Waals surface area contributed by atoms with Crippen LogP contribution in [0, 0.1) is 6.92 Å². The highest BCUT2D eigenvalue weighted by atomic mass is 79.9. The number of likely N-dealkylation sites (N-methyl/N-ethyl adjacent to an activating group) is 1. The van der Waals surface area contributed by atoms with Crippen LogP contribution < -0.4 is 4.90 Å². The summed E-state index contributed by atoms with van der Waals surface area (Å²) in [7, 11) is 4.27. The highest BCUT2D eigenvalue weighted by molar-refractivity contribution is 9.10. The predicted molar refractivity (Wildman–Crippen MR) is 68.8 cm³/mol. The van der Waals surface area contributed by atoms with Crippen LogP contribution in [0.4, 0.5) is 5.82 Å². The number of halogens is 1. The second kappa shape index (κ2) is 4.67. The summed E-state index contributed by atoms with van der Waals surface area (Å²) in [5, 5.41) is 0. The summed E-state index contributed by atoms with van der Waals surface area (Å²) in [5.74, 6) is 1.85. The van der Waals surface area contributed by atoms with Crippen molar-refractivity contribution in [1.29, 1.82) is 0 Å². The van der Waals surface area contributed by atoms with E-state index >= 15 is 0 Å². The molecule has 0 bridgehead atoms. The first-order chi connectivity index (χ1) is 7.56. The first-order valence-corrected chi connectivity index (χ1v) is 6.28. The van der Waals surface area contributed by atoms with Crippen molar-refractivity contribution in [3.63, 3.8) is 0 Å². The van der Waals surface area contributed by atoms with Crippen LogP contribution in [-0.4, -0.2) is 48.1 Å². The van der Waals surface area contributed by atoms with Crippen molar-refractivity contribution < 1.29 is 0 Å². The van der Waals surface area contributed by atoms with Crippen molar-refractivity contribution >= 4 is 21.7 Å². The van der Waals surface area contributed by atoms with E-state index in [1.54, 1.807) is 0 Å². The molecule has 0 aromatic carbocycles. The van der Waals surface area contributed by atoms with E-state index in [2.05, 4.69) is 49.8 Å². The van der Waals surface area contributed by atoms with Gasteiger partial charge in [0.15, 0.2) is 0 Å². The monoisotopic (exact) mass is 284 g/mol. The molecule has 0 spiro atoms. The minimum Gasteiger partial charge on any atom is -0.355 e. The molecule has 1 unspecified atom stereocenters. The van der Waals surface area contributed by atoms with Crippen LogP contribution in [0.3, 0.4) is 0 Å². The lowest BCUT2D eigenvalue weighted by Crippen LogP contribution is -2.31. The first kappa shape index (κ1) is 11.8. The molecule has 1 aliphatic heterocycles. The third kappa shape index (κ3) is 2.52. The molecular weight excluding hydrogens is 268 g/mol. The van der Waals surface area contributed by atoms with Crippen LogP contribution in [0.25, 0.3) is 0 Å². The largest absolute Gasteiger partial charge is 0.355 e. The summed E-state index contributed by atoms with van der Waals surface area (Å²) in [6.07, 6.45) is 1.20. The van der Waals surface area contributed by atoms with Gasteiger partial charge in [-0.3, -0.25) is 0 Å². The van der Waals surface area contributed by atoms with E-state index < -0.39 is 0 Å². The summed E-state index contributed by atoms with van der Waals surface area (Å²) in [5.41, 5.74) is 0. The molecule has 0 aliphatic carbocycles. The minimum atomic E-state index is 0.633. The van der Waals surface area contributed by atoms with Gasteiger partial charge < -0.3 is 9.80 Å². The highest BCUT2D eigenvalue weighted by Crippen LogP contribution is 2.22. The van der Waals surface area contributed by atoms with Crippen LogP contribution in [-0.2, 0) is 0 Å². The van der Waals surface area contributed by atoms with Gasteiger partial charge in [-0.1, -0.05) is 0 Å². The van der Waals surface area contributed by atoms with E-state index in [0.29, 0.717) is 6.04 Å². The molecule has 0 amide bonds. The molecule has 0 saturated carbocycles. The average molecular weight is 285 g/mol. The fourth-order valence-electron chi connectivity index (χ4n) is 2.05. The lowest BCUT2D eigenvalue weighted by Gasteiger charge is -2.21. The molecule has 5 heteroatoms. The molecule has 1 fully saturated rings. The van der Waals surface area contributed by atoms with Crippen molar-refractivity contribution in [3.05, 3.63) is 16.5 Å². The number of hydrogen-bond acceptors (Lipinski definition) is 4. The normalized spacial score (nSPS) is 20.8. The summed E-state index contributed by atoms with van der Waals surface area (Å²) in [6, 6.07) is 2.62. The average Bonchev–Trinajstić information content (AvgIpc) is 2.64. The fourth-order valence-corrected chi connectivity index (χ4v) is 2.51. The summed E-state index contributed by atoms with van der Waals surface area (Å²) < 4.78 is 0.864. The Hall–Kier alpha value is -0.680. The van der Waals surface area contributed by atoms with E-state index in [0.717, 1.165) is 29.3 Å². The standard InChI is InChI=1S/C11H17BrN4/c1-8-13-10(12)6-11(14-8)16-5-4-9(7-16)15(2)3/h6,9H,4-5,7H2,1-3H3. The first-order valence-electron chi connectivity index (χ1n) is 5.49. The Balaban J connectivity index is 2.14. The second-order valence-electron chi connectivity index (χ2n) is 4.45. The Morgan fingerprint density at radius 2 is 2.19 bits per heavy atom. The van der Waals surface area contributed by atoms with Crippen molar-refractivity contribution in [2.45, 2.75) is 19.4 Å². The van der Waals surface area contributed by atoms with Gasteiger partial charge in [-0.15, -0.1) is 0 Å². The van der Waals surface area contributed by atoms with Crippen LogP contribution in [0.5, 0.6) is 0 Å². The van der Waals surface area contributed by atoms with Gasteiger partial charge in [-0.25, -0.2) is 9.97 Å². The molecule has 2 heterocycles. The smallest absolute Gasteiger partial charge is 0.133 e. The molecule has 1 atom stereocenters. The van der Waals surface area contributed by atoms with Gasteiger partial charge >= 0.3 is 0 Å². The molecule has 1 aromatic heterocycles. The van der Waals surface area contributed by atoms with Gasteiger partial charge in [0.05, 0.1) is 0 Å². The summed E-state index contributed by atoms with van der Waals surface area (Å²) in [6.45, 7) is 4.05. The van der Waals surface area contributed by atoms with E-state index in [1.165, 1.54) is 6.42 Å². The van der Waals surface area contributed by atoms with Gasteiger partial charge in [-0.05, 0) is 43.4 Å². The molecule has 88 valence electrons. The van der Waals surface area contributed by atoms with Crippen LogP contribution >= 0.6 is 15.9 Å². The molecule has 0 N–H and O–H groups in total. The maximum Gasteiger partial charge on any atom is 0.133 e. The number of nitrogens with zero attached hydrogens (tertiary/aromatic N) is 4. The number of anilines is 1. The minimum absolute atomic E-state index is 0.633. The van der Waals surface area contributed by atoms with E-state index in [1.807, 2.05) is 13.0 Å². The highest BCUT2D eigenvalue weighted by Gasteiger charge is 2.25. The van der Waals surface area contributed by atoms with Gasteiger partial charge in [0, 0.05) is 25.2 Å². The molecule has 1 aromatic rings. The molecule has 0 radical (unpaired) electrons. The molecular formula is C11H17BrN4. The van der Waals surface area contributed by atoms with Crippen LogP contribution in [0.1, 0.15) is 12.2 Å². The second-order valence-corrected chi connectivity index (χ2v) is 5.26. The Labute approximate surface area is 105 Å². The van der Waals surface area contributed by atoms with Gasteiger partial charge in [0.2, 0.25) is 0 Å². The lowest BCUT2D eigenvalue weighted by atomic mass is 10.2. The van der Waals surface area contributed by atoms with Gasteiger partial charge in [0.1, 0.15) is 16.2 Å². The molecule has 16 heavy (non-hydrogen) atoms. The molecule has 2 rings (SSSR count). The molecule has 1 saturated heterocycles. The van der Waals surface area contributed by atoms with Crippen molar-refractivity contribution in [2.75, 3.05) is 32.1 Å². The van der Waals surface area contributed by atoms with Crippen molar-refractivity contribution in [2.24, 2.45) is 0 Å². The Kier molecular flexibility index (Phi) is 3.44. The van der Waals surface area contributed by atoms with E-state index in [-0.39, 0.29) is 0 Å². The van der Waals surface area contributed by atoms with E-state index in [4.69, 9.17) is 0 Å². The Bertz CT molecular complexity index is 360. The van der Waals surface area contributed by atoms with Crippen LogP contribution in [0.15, 0.2) is 10.7 Å². The van der Waals surface area contributed by atoms with Crippen molar-refractivity contribution in [3.8, 4) is 0 Å². The summed E-state index contributed by atoms with van der Waals surface area (Å²) in [4.78, 5) is 13.3. The Morgan fingerprint density at radius 3 is 2.75 bits per heavy atom. The molecule has 4 nitrogen and oxygen atoms in total. The van der Waals surface area contributed by atoms with Crippen LogP contribution in [0.2, 0.25) is 0 Å². The molecule has 1 aliphatic rings. The topological polar surface area (TPSA) is 32.3 Å². The summed E-state index contributed by atoms with van der Waals surface area (Å²) >= 11 is 3.42. The maximum atomic E-state index is 4.48. The van der Waals surface area contributed by atoms with Gasteiger partial charge in [0.25, 0.3) is 0 Å². The lowest BCUT2D eigenvalue weighted by molar-refractivity contribution is 0.315. The van der Waals surface area contributed by atoms with Crippen molar-refractivity contribution in [1.82, 2.24) is 14.9 Å². The number of rotatable bonds is 2. The number of aryl methyl sites for hydroxylation is 1. The number of aromatic nitrogens is 2. The quantitative estimate of drug-likeness (QED) is 0.774. The third-order valence-electron chi connectivity index (χ3n) is 3.01. The number of hydrogen-bond donors (Lipinski definition) is 0. The zero-order valence-electron chi connectivity index (χ0n) is 9.94. The fraction of sp³-hybridized carbons (Fsp3) is 0.636. The van der Waals surface area contributed by atoms with E-state index in [9.17, 15) is 0 Å².